The van der Waals surface area contributed by atoms with Gasteiger partial charge in [-0.3, -0.25) is 0 Å². The van der Waals surface area contributed by atoms with Crippen molar-refractivity contribution in [2.75, 3.05) is 0 Å². The van der Waals surface area contributed by atoms with Gasteiger partial charge in [0.2, 0.25) is 5.28 Å². The van der Waals surface area contributed by atoms with Gasteiger partial charge in [-0.2, -0.15) is 4.98 Å². The number of nitrogens with zero attached hydrogens (tertiary/aromatic N) is 3. The second kappa shape index (κ2) is 3.33. The van der Waals surface area contributed by atoms with Gasteiger partial charge >= 0.3 is 0 Å². The van der Waals surface area contributed by atoms with Crippen molar-refractivity contribution in [3.05, 3.63) is 27.8 Å². The van der Waals surface area contributed by atoms with Crippen LogP contribution in [0.15, 0.2) is 6.07 Å². The van der Waals surface area contributed by atoms with Crippen molar-refractivity contribution >= 4 is 34.2 Å². The average Bonchev–Trinajstić information content (AvgIpc) is 2.08. The van der Waals surface area contributed by atoms with E-state index in [0.29, 0.717) is 10.8 Å². The Labute approximate surface area is 91.1 Å². The number of aromatic nitrogens is 3. The number of hydrogen-bond acceptors (Lipinski definition) is 3. The maximum atomic E-state index is 5.91. The van der Waals surface area contributed by atoms with E-state index in [-0.39, 0.29) is 5.28 Å². The van der Waals surface area contributed by atoms with Crippen molar-refractivity contribution < 1.29 is 0 Å². The molecule has 0 radical (unpaired) electrons. The predicted octanol–water partition coefficient (Wildman–Crippen LogP) is 2.95. The molecule has 0 atom stereocenters. The quantitative estimate of drug-likeness (QED) is 0.514. The first-order valence-corrected chi connectivity index (χ1v) is 4.80. The topological polar surface area (TPSA) is 38.7 Å². The Morgan fingerprint density at radius 3 is 2.50 bits per heavy atom. The number of rotatable bonds is 0. The van der Waals surface area contributed by atoms with Gasteiger partial charge in [0.05, 0.1) is 5.39 Å². The van der Waals surface area contributed by atoms with Crippen molar-refractivity contribution in [2.24, 2.45) is 0 Å². The summed E-state index contributed by atoms with van der Waals surface area (Å²) in [4.78, 5) is 12.1. The van der Waals surface area contributed by atoms with Gasteiger partial charge in [0.1, 0.15) is 5.15 Å². The van der Waals surface area contributed by atoms with Crippen LogP contribution in [0, 0.1) is 13.8 Å². The molecule has 0 N–H and O–H groups in total. The SMILES string of the molecule is Cc1cc2c(Cl)nc(Cl)nc2nc1C. The van der Waals surface area contributed by atoms with Crippen molar-refractivity contribution in [1.82, 2.24) is 15.0 Å². The molecule has 0 aromatic carbocycles. The molecule has 0 spiro atoms. The molecule has 0 aliphatic carbocycles. The second-order valence-electron chi connectivity index (χ2n) is 3.05. The van der Waals surface area contributed by atoms with Crippen LogP contribution in [-0.4, -0.2) is 15.0 Å². The Kier molecular flexibility index (Phi) is 2.29. The zero-order valence-corrected chi connectivity index (χ0v) is 9.19. The van der Waals surface area contributed by atoms with Crippen LogP contribution in [0.5, 0.6) is 0 Å². The molecule has 5 heteroatoms. The Bertz CT molecular complexity index is 511. The van der Waals surface area contributed by atoms with Crippen LogP contribution in [-0.2, 0) is 0 Å². The molecule has 0 fully saturated rings. The minimum Gasteiger partial charge on any atom is -0.233 e. The highest BCUT2D eigenvalue weighted by atomic mass is 35.5. The number of hydrogen-bond donors (Lipinski definition) is 0. The molecule has 0 aliphatic heterocycles. The van der Waals surface area contributed by atoms with E-state index in [1.165, 1.54) is 0 Å². The first-order chi connectivity index (χ1) is 6.58. The molecule has 0 saturated carbocycles. The van der Waals surface area contributed by atoms with E-state index < -0.39 is 0 Å². The molecule has 72 valence electrons. The zero-order valence-electron chi connectivity index (χ0n) is 7.67. The first kappa shape index (κ1) is 9.62. The van der Waals surface area contributed by atoms with Gasteiger partial charge in [-0.05, 0) is 37.1 Å². The summed E-state index contributed by atoms with van der Waals surface area (Å²) in [5.41, 5.74) is 2.52. The summed E-state index contributed by atoms with van der Waals surface area (Å²) in [6, 6.07) is 1.91. The Morgan fingerprint density at radius 1 is 1.07 bits per heavy atom. The van der Waals surface area contributed by atoms with Crippen LogP contribution < -0.4 is 0 Å². The Morgan fingerprint density at radius 2 is 1.79 bits per heavy atom. The first-order valence-electron chi connectivity index (χ1n) is 4.05. The van der Waals surface area contributed by atoms with Crippen molar-refractivity contribution in [1.29, 1.82) is 0 Å². The maximum Gasteiger partial charge on any atom is 0.225 e. The van der Waals surface area contributed by atoms with Gasteiger partial charge in [-0.25, -0.2) is 9.97 Å². The Hall–Kier alpha value is -0.930. The second-order valence-corrected chi connectivity index (χ2v) is 3.74. The fourth-order valence-electron chi connectivity index (χ4n) is 1.18. The largest absolute Gasteiger partial charge is 0.233 e. The van der Waals surface area contributed by atoms with E-state index in [1.54, 1.807) is 0 Å². The van der Waals surface area contributed by atoms with Gasteiger partial charge in [0.25, 0.3) is 0 Å². The number of halogens is 2. The predicted molar refractivity (Wildman–Crippen MR) is 56.8 cm³/mol. The molecule has 2 aromatic rings. The molecular weight excluding hydrogens is 221 g/mol. The zero-order chi connectivity index (χ0) is 10.3. The molecule has 0 amide bonds. The van der Waals surface area contributed by atoms with Crippen LogP contribution in [0.25, 0.3) is 11.0 Å². The summed E-state index contributed by atoms with van der Waals surface area (Å²) in [6.45, 7) is 3.88. The molecule has 0 bridgehead atoms. The van der Waals surface area contributed by atoms with Crippen molar-refractivity contribution in [3.63, 3.8) is 0 Å². The lowest BCUT2D eigenvalue weighted by Gasteiger charge is -2.03. The van der Waals surface area contributed by atoms with Gasteiger partial charge in [-0.15, -0.1) is 0 Å². The summed E-state index contributed by atoms with van der Waals surface area (Å²) < 4.78 is 0. The van der Waals surface area contributed by atoms with Crippen LogP contribution in [0.4, 0.5) is 0 Å². The fourth-order valence-corrected chi connectivity index (χ4v) is 1.61. The summed E-state index contributed by atoms with van der Waals surface area (Å²) in [5.74, 6) is 0. The Balaban J connectivity index is 2.89. The van der Waals surface area contributed by atoms with E-state index in [0.717, 1.165) is 16.6 Å². The lowest BCUT2D eigenvalue weighted by Crippen LogP contribution is -1.94. The van der Waals surface area contributed by atoms with Gasteiger partial charge < -0.3 is 0 Å². The highest BCUT2D eigenvalue weighted by Gasteiger charge is 2.07. The van der Waals surface area contributed by atoms with Crippen LogP contribution in [0.2, 0.25) is 10.4 Å². The summed E-state index contributed by atoms with van der Waals surface area (Å²) >= 11 is 11.6. The molecule has 2 heterocycles. The summed E-state index contributed by atoms with van der Waals surface area (Å²) in [6.07, 6.45) is 0. The lowest BCUT2D eigenvalue weighted by molar-refractivity contribution is 1.13. The van der Waals surface area contributed by atoms with Crippen molar-refractivity contribution in [3.8, 4) is 0 Å². The fraction of sp³-hybridized carbons (Fsp3) is 0.222. The van der Waals surface area contributed by atoms with E-state index in [2.05, 4.69) is 15.0 Å². The van der Waals surface area contributed by atoms with E-state index >= 15 is 0 Å². The molecule has 0 saturated heterocycles. The minimum absolute atomic E-state index is 0.123. The molecule has 2 rings (SSSR count). The van der Waals surface area contributed by atoms with Crippen molar-refractivity contribution in [2.45, 2.75) is 13.8 Å². The summed E-state index contributed by atoms with van der Waals surface area (Å²) in [5, 5.41) is 1.20. The lowest BCUT2D eigenvalue weighted by atomic mass is 10.2. The monoisotopic (exact) mass is 227 g/mol. The molecule has 14 heavy (non-hydrogen) atoms. The van der Waals surface area contributed by atoms with E-state index in [9.17, 15) is 0 Å². The normalized spacial score (nSPS) is 10.9. The van der Waals surface area contributed by atoms with Crippen LogP contribution in [0.1, 0.15) is 11.3 Å². The average molecular weight is 228 g/mol. The maximum absolute atomic E-state index is 5.91. The van der Waals surface area contributed by atoms with Crippen LogP contribution in [0.3, 0.4) is 0 Å². The van der Waals surface area contributed by atoms with Crippen LogP contribution >= 0.6 is 23.2 Å². The molecular formula is C9H7Cl2N3. The van der Waals surface area contributed by atoms with E-state index in [1.807, 2.05) is 19.9 Å². The minimum atomic E-state index is 0.123. The third kappa shape index (κ3) is 1.53. The smallest absolute Gasteiger partial charge is 0.225 e. The van der Waals surface area contributed by atoms with Gasteiger partial charge in [0, 0.05) is 5.69 Å². The third-order valence-corrected chi connectivity index (χ3v) is 2.51. The molecule has 0 aliphatic rings. The number of pyridine rings is 1. The summed E-state index contributed by atoms with van der Waals surface area (Å²) in [7, 11) is 0. The van der Waals surface area contributed by atoms with Gasteiger partial charge in [0.15, 0.2) is 5.65 Å². The molecule has 0 unspecified atom stereocenters. The van der Waals surface area contributed by atoms with E-state index in [4.69, 9.17) is 23.2 Å². The molecule has 3 nitrogen and oxygen atoms in total. The highest BCUT2D eigenvalue weighted by Crippen LogP contribution is 2.22. The molecule has 2 aromatic heterocycles. The third-order valence-electron chi connectivity index (χ3n) is 2.06. The van der Waals surface area contributed by atoms with Gasteiger partial charge in [-0.1, -0.05) is 11.6 Å². The highest BCUT2D eigenvalue weighted by molar-refractivity contribution is 6.35. The standard InChI is InChI=1S/C9H7Cl2N3/c1-4-3-6-7(10)13-9(11)14-8(6)12-5(4)2/h3H,1-2H3. The number of aryl methyl sites for hydroxylation is 2. The number of fused-ring (bicyclic) bond motifs is 1.